The summed E-state index contributed by atoms with van der Waals surface area (Å²) in [5.41, 5.74) is 0. The van der Waals surface area contributed by atoms with Crippen LogP contribution in [0.3, 0.4) is 0 Å². The zero-order valence-corrected chi connectivity index (χ0v) is 7.14. The molecule has 0 bridgehead atoms. The minimum atomic E-state index is 1.05. The summed E-state index contributed by atoms with van der Waals surface area (Å²) in [6.07, 6.45) is 6.10. The van der Waals surface area contributed by atoms with Crippen molar-refractivity contribution in [2.45, 2.75) is 39.5 Å². The molecule has 2 aliphatic rings. The lowest BCUT2D eigenvalue weighted by atomic mass is 9.53. The normalized spacial score (nSPS) is 53.4. The number of rotatable bonds is 0. The molecule has 0 N–H and O–H groups in total. The Kier molecular flexibility index (Phi) is 1.51. The second-order valence-electron chi connectivity index (χ2n) is 4.33. The van der Waals surface area contributed by atoms with Crippen LogP contribution in [0.5, 0.6) is 0 Å². The van der Waals surface area contributed by atoms with Gasteiger partial charge in [-0.1, -0.05) is 26.7 Å². The van der Waals surface area contributed by atoms with Crippen LogP contribution in [0.25, 0.3) is 0 Å². The molecular formula is C10H18. The molecule has 4 atom stereocenters. The van der Waals surface area contributed by atoms with Gasteiger partial charge in [-0.05, 0) is 36.5 Å². The van der Waals surface area contributed by atoms with Crippen molar-refractivity contribution in [2.75, 3.05) is 0 Å². The molecule has 0 spiro atoms. The molecule has 0 aromatic heterocycles. The number of hydrogen-bond acceptors (Lipinski definition) is 0. The van der Waals surface area contributed by atoms with E-state index in [4.69, 9.17) is 0 Å². The maximum atomic E-state index is 2.44. The molecule has 2 aliphatic carbocycles. The van der Waals surface area contributed by atoms with Crippen LogP contribution >= 0.6 is 0 Å². The smallest absolute Gasteiger partial charge is 0.0355 e. The first-order valence-electron chi connectivity index (χ1n) is 4.80. The fraction of sp³-hybridized carbons (Fsp3) is 1.00. The first kappa shape index (κ1) is 6.69. The molecule has 0 heteroatoms. The van der Waals surface area contributed by atoms with Gasteiger partial charge in [0, 0.05) is 0 Å². The van der Waals surface area contributed by atoms with E-state index in [1.54, 1.807) is 0 Å². The van der Waals surface area contributed by atoms with Crippen LogP contribution in [-0.4, -0.2) is 0 Å². The van der Waals surface area contributed by atoms with Crippen molar-refractivity contribution in [3.05, 3.63) is 0 Å². The van der Waals surface area contributed by atoms with Gasteiger partial charge in [0.2, 0.25) is 0 Å². The van der Waals surface area contributed by atoms with Gasteiger partial charge in [-0.25, -0.2) is 0 Å². The summed E-state index contributed by atoms with van der Waals surface area (Å²) in [6, 6.07) is 0. The summed E-state index contributed by atoms with van der Waals surface area (Å²) in [6.45, 7) is 4.88. The summed E-state index contributed by atoms with van der Waals surface area (Å²) in [5.74, 6) is 4.35. The van der Waals surface area contributed by atoms with Crippen molar-refractivity contribution in [3.63, 3.8) is 0 Å². The second kappa shape index (κ2) is 2.25. The van der Waals surface area contributed by atoms with E-state index in [9.17, 15) is 0 Å². The molecule has 2 unspecified atom stereocenters. The van der Waals surface area contributed by atoms with E-state index in [1.165, 1.54) is 25.7 Å². The molecule has 2 fully saturated rings. The predicted octanol–water partition coefficient (Wildman–Crippen LogP) is 3.08. The van der Waals surface area contributed by atoms with Crippen LogP contribution in [0, 0.1) is 23.7 Å². The molecule has 2 saturated carbocycles. The molecule has 0 radical (unpaired) electrons. The molecular weight excluding hydrogens is 120 g/mol. The second-order valence-corrected chi connectivity index (χ2v) is 4.33. The van der Waals surface area contributed by atoms with Gasteiger partial charge >= 0.3 is 0 Å². The number of fused-ring (bicyclic) bond motifs is 1. The minimum absolute atomic E-state index is 1.05. The highest BCUT2D eigenvalue weighted by molar-refractivity contribution is 4.94. The maximum absolute atomic E-state index is 2.44. The summed E-state index contributed by atoms with van der Waals surface area (Å²) in [5, 5.41) is 0. The van der Waals surface area contributed by atoms with Gasteiger partial charge in [0.05, 0.1) is 0 Å². The van der Waals surface area contributed by atoms with Gasteiger partial charge < -0.3 is 0 Å². The lowest BCUT2D eigenvalue weighted by Crippen LogP contribution is -2.45. The highest BCUT2D eigenvalue weighted by atomic mass is 14.5. The zero-order valence-electron chi connectivity index (χ0n) is 7.14. The van der Waals surface area contributed by atoms with Gasteiger partial charge in [-0.2, -0.15) is 0 Å². The van der Waals surface area contributed by atoms with Gasteiger partial charge in [0.1, 0.15) is 0 Å². The van der Waals surface area contributed by atoms with Crippen molar-refractivity contribution in [1.82, 2.24) is 0 Å². The van der Waals surface area contributed by atoms with Crippen LogP contribution in [0.1, 0.15) is 39.5 Å². The van der Waals surface area contributed by atoms with Gasteiger partial charge in [0.15, 0.2) is 0 Å². The van der Waals surface area contributed by atoms with Crippen LogP contribution < -0.4 is 0 Å². The topological polar surface area (TPSA) is 0 Å². The standard InChI is InChI=1S/C10H18/c1-7-8(2)10-6-4-3-5-9(7)10/h7-10H,3-6H2,1-2H3/t7?,8?,9-,10+. The lowest BCUT2D eigenvalue weighted by Gasteiger charge is -2.52. The molecule has 0 aromatic carbocycles. The van der Waals surface area contributed by atoms with E-state index in [0.29, 0.717) is 0 Å². The Balaban J connectivity index is 2.00. The molecule has 2 rings (SSSR count). The molecule has 0 aliphatic heterocycles. The van der Waals surface area contributed by atoms with Crippen molar-refractivity contribution < 1.29 is 0 Å². The fourth-order valence-electron chi connectivity index (χ4n) is 3.13. The molecule has 0 saturated heterocycles. The Morgan fingerprint density at radius 1 is 0.800 bits per heavy atom. The van der Waals surface area contributed by atoms with Crippen LogP contribution in [0.15, 0.2) is 0 Å². The molecule has 0 amide bonds. The third-order valence-corrected chi connectivity index (χ3v) is 4.05. The van der Waals surface area contributed by atoms with Crippen molar-refractivity contribution >= 4 is 0 Å². The average Bonchev–Trinajstić information content (AvgIpc) is 2.03. The average molecular weight is 138 g/mol. The Bertz CT molecular complexity index is 112. The molecule has 0 heterocycles. The first-order valence-corrected chi connectivity index (χ1v) is 4.80. The Hall–Kier alpha value is 0. The lowest BCUT2D eigenvalue weighted by molar-refractivity contribution is -0.0305. The van der Waals surface area contributed by atoms with Gasteiger partial charge in [0.25, 0.3) is 0 Å². The van der Waals surface area contributed by atoms with E-state index in [1.807, 2.05) is 0 Å². The van der Waals surface area contributed by atoms with E-state index >= 15 is 0 Å². The third kappa shape index (κ3) is 0.741. The van der Waals surface area contributed by atoms with Crippen molar-refractivity contribution in [1.29, 1.82) is 0 Å². The van der Waals surface area contributed by atoms with E-state index < -0.39 is 0 Å². The summed E-state index contributed by atoms with van der Waals surface area (Å²) in [7, 11) is 0. The summed E-state index contributed by atoms with van der Waals surface area (Å²) < 4.78 is 0. The predicted molar refractivity (Wildman–Crippen MR) is 43.8 cm³/mol. The Labute approximate surface area is 64.0 Å². The Morgan fingerprint density at radius 3 is 1.60 bits per heavy atom. The fourth-order valence-corrected chi connectivity index (χ4v) is 3.13. The molecule has 58 valence electrons. The van der Waals surface area contributed by atoms with Crippen molar-refractivity contribution in [3.8, 4) is 0 Å². The highest BCUT2D eigenvalue weighted by Gasteiger charge is 2.45. The maximum Gasteiger partial charge on any atom is -0.0355 e. The summed E-state index contributed by atoms with van der Waals surface area (Å²) >= 11 is 0. The number of hydrogen-bond donors (Lipinski definition) is 0. The van der Waals surface area contributed by atoms with Crippen LogP contribution in [-0.2, 0) is 0 Å². The van der Waals surface area contributed by atoms with Gasteiger partial charge in [-0.15, -0.1) is 0 Å². The zero-order chi connectivity index (χ0) is 7.14. The van der Waals surface area contributed by atoms with Crippen molar-refractivity contribution in [2.24, 2.45) is 23.7 Å². The van der Waals surface area contributed by atoms with E-state index in [-0.39, 0.29) is 0 Å². The minimum Gasteiger partial charge on any atom is -0.0620 e. The molecule has 0 nitrogen and oxygen atoms in total. The molecule has 10 heavy (non-hydrogen) atoms. The Morgan fingerprint density at radius 2 is 1.20 bits per heavy atom. The van der Waals surface area contributed by atoms with Crippen LogP contribution in [0.2, 0.25) is 0 Å². The SMILES string of the molecule is CC1C(C)[C@@H]2CCCC[C@H]12. The monoisotopic (exact) mass is 138 g/mol. The first-order chi connectivity index (χ1) is 4.80. The van der Waals surface area contributed by atoms with Crippen LogP contribution in [0.4, 0.5) is 0 Å². The van der Waals surface area contributed by atoms with Gasteiger partial charge in [-0.3, -0.25) is 0 Å². The third-order valence-electron chi connectivity index (χ3n) is 4.05. The highest BCUT2D eigenvalue weighted by Crippen LogP contribution is 2.52. The summed E-state index contributed by atoms with van der Waals surface area (Å²) in [4.78, 5) is 0. The van der Waals surface area contributed by atoms with E-state index in [0.717, 1.165) is 23.7 Å². The largest absolute Gasteiger partial charge is 0.0620 e. The van der Waals surface area contributed by atoms with E-state index in [2.05, 4.69) is 13.8 Å². The quantitative estimate of drug-likeness (QED) is 0.482. The molecule has 0 aromatic rings.